The standard InChI is InChI=1S/C63H109NO8/c1-3-5-7-9-11-13-15-17-19-21-23-25-26-27-28-29-30-31-32-33-35-37-39-41-43-45-47-49-51-53-59(67)64-56(55-71-63-62(70)61(69)60(68)58(54-65)72-63)57(66)52-50-48-46-44-42-40-38-36-34-24-22-20-18-16-14-12-10-8-6-4-2/h5,7,11,13,17,19,23,25,27-28,30-31,33,35,50,52,56-58,60-63,65-66,68-70H,3-4,6,8-10,12,14-16,18,20-22,24,26,29,32,34,36-49,51,53-55H2,1-2H3,(H,64,67)/b7-5-,13-11-,19-17-,25-23-,28-27-,31-30-,35-33-,52-50+. The Morgan fingerprint density at radius 3 is 1.28 bits per heavy atom. The number of allylic oxidation sites excluding steroid dienone is 15. The third-order valence-corrected chi connectivity index (χ3v) is 13.4. The van der Waals surface area contributed by atoms with Gasteiger partial charge < -0.3 is 40.3 Å². The molecule has 1 fully saturated rings. The molecule has 0 aromatic heterocycles. The van der Waals surface area contributed by atoms with Crippen LogP contribution in [0.2, 0.25) is 0 Å². The average Bonchev–Trinajstić information content (AvgIpc) is 3.38. The quantitative estimate of drug-likeness (QED) is 0.0261. The van der Waals surface area contributed by atoms with Crippen LogP contribution in [0.4, 0.5) is 0 Å². The van der Waals surface area contributed by atoms with Crippen molar-refractivity contribution < 1.29 is 39.8 Å². The Morgan fingerprint density at radius 2 is 0.861 bits per heavy atom. The van der Waals surface area contributed by atoms with Gasteiger partial charge >= 0.3 is 0 Å². The lowest BCUT2D eigenvalue weighted by Gasteiger charge is -2.40. The van der Waals surface area contributed by atoms with E-state index in [1.807, 2.05) is 6.08 Å². The van der Waals surface area contributed by atoms with E-state index in [-0.39, 0.29) is 12.5 Å². The number of carbonyl (C=O) groups excluding carboxylic acids is 1. The van der Waals surface area contributed by atoms with Gasteiger partial charge in [0.25, 0.3) is 0 Å². The smallest absolute Gasteiger partial charge is 0.220 e. The van der Waals surface area contributed by atoms with E-state index >= 15 is 0 Å². The third-order valence-electron chi connectivity index (χ3n) is 13.4. The van der Waals surface area contributed by atoms with Gasteiger partial charge in [0.1, 0.15) is 24.4 Å². The van der Waals surface area contributed by atoms with Gasteiger partial charge in [0.2, 0.25) is 5.91 Å². The lowest BCUT2D eigenvalue weighted by Crippen LogP contribution is -2.60. The van der Waals surface area contributed by atoms with Gasteiger partial charge in [-0.15, -0.1) is 0 Å². The Morgan fingerprint density at radius 1 is 0.486 bits per heavy atom. The first kappa shape index (κ1) is 67.1. The van der Waals surface area contributed by atoms with Crippen molar-refractivity contribution in [2.45, 2.75) is 281 Å². The second kappa shape index (κ2) is 51.6. The molecule has 72 heavy (non-hydrogen) atoms. The van der Waals surface area contributed by atoms with Crippen LogP contribution in [0.25, 0.3) is 0 Å². The van der Waals surface area contributed by atoms with Crippen molar-refractivity contribution in [2.75, 3.05) is 13.2 Å². The van der Waals surface area contributed by atoms with Crippen molar-refractivity contribution >= 4 is 5.91 Å². The van der Waals surface area contributed by atoms with Crippen molar-refractivity contribution in [1.82, 2.24) is 5.32 Å². The normalized spacial score (nSPS) is 19.9. The minimum absolute atomic E-state index is 0.191. The Kier molecular flexibility index (Phi) is 48.1. The van der Waals surface area contributed by atoms with E-state index < -0.39 is 49.5 Å². The summed E-state index contributed by atoms with van der Waals surface area (Å²) < 4.78 is 11.3. The second-order valence-corrected chi connectivity index (χ2v) is 20.1. The summed E-state index contributed by atoms with van der Waals surface area (Å²) in [4.78, 5) is 13.1. The maximum absolute atomic E-state index is 13.1. The Bertz CT molecular complexity index is 1450. The molecule has 0 bridgehead atoms. The van der Waals surface area contributed by atoms with Crippen LogP contribution in [0.15, 0.2) is 97.2 Å². The number of hydrogen-bond donors (Lipinski definition) is 6. The molecule has 7 unspecified atom stereocenters. The summed E-state index contributed by atoms with van der Waals surface area (Å²) in [5.74, 6) is -0.191. The highest BCUT2D eigenvalue weighted by atomic mass is 16.7. The molecule has 1 rings (SSSR count). The molecule has 0 aliphatic carbocycles. The van der Waals surface area contributed by atoms with E-state index in [1.54, 1.807) is 6.08 Å². The molecule has 1 aliphatic heterocycles. The second-order valence-electron chi connectivity index (χ2n) is 20.1. The van der Waals surface area contributed by atoms with Gasteiger partial charge in [0.15, 0.2) is 6.29 Å². The summed E-state index contributed by atoms with van der Waals surface area (Å²) in [7, 11) is 0. The topological polar surface area (TPSA) is 149 Å². The highest BCUT2D eigenvalue weighted by molar-refractivity contribution is 5.76. The van der Waals surface area contributed by atoms with Gasteiger partial charge in [-0.05, 0) is 77.0 Å². The highest BCUT2D eigenvalue weighted by Gasteiger charge is 2.44. The van der Waals surface area contributed by atoms with E-state index in [1.165, 1.54) is 122 Å². The fourth-order valence-electron chi connectivity index (χ4n) is 8.78. The molecule has 6 N–H and O–H groups in total. The monoisotopic (exact) mass is 1010 g/mol. The number of hydrogen-bond acceptors (Lipinski definition) is 8. The average molecular weight is 1010 g/mol. The van der Waals surface area contributed by atoms with Crippen LogP contribution in [-0.2, 0) is 14.3 Å². The first-order valence-corrected chi connectivity index (χ1v) is 29.5. The molecule has 1 heterocycles. The Hall–Kier alpha value is -2.89. The minimum Gasteiger partial charge on any atom is -0.394 e. The molecule has 0 aromatic carbocycles. The van der Waals surface area contributed by atoms with Gasteiger partial charge in [0, 0.05) is 6.42 Å². The maximum atomic E-state index is 13.1. The molecule has 9 heteroatoms. The number of aliphatic hydroxyl groups is 5. The van der Waals surface area contributed by atoms with Gasteiger partial charge in [-0.2, -0.15) is 0 Å². The van der Waals surface area contributed by atoms with Crippen LogP contribution >= 0.6 is 0 Å². The van der Waals surface area contributed by atoms with Crippen molar-refractivity contribution in [3.8, 4) is 0 Å². The highest BCUT2D eigenvalue weighted by Crippen LogP contribution is 2.23. The number of unbranched alkanes of at least 4 members (excludes halogenated alkanes) is 25. The largest absolute Gasteiger partial charge is 0.394 e. The summed E-state index contributed by atoms with van der Waals surface area (Å²) in [5, 5.41) is 54.5. The number of aliphatic hydroxyl groups excluding tert-OH is 5. The van der Waals surface area contributed by atoms with E-state index in [0.717, 1.165) is 96.3 Å². The van der Waals surface area contributed by atoms with Crippen LogP contribution in [0.3, 0.4) is 0 Å². The molecule has 1 aliphatic rings. The number of nitrogens with one attached hydrogen (secondary N) is 1. The first-order chi connectivity index (χ1) is 35.3. The van der Waals surface area contributed by atoms with Crippen molar-refractivity contribution in [3.05, 3.63) is 97.2 Å². The number of rotatable bonds is 49. The molecule has 1 saturated heterocycles. The maximum Gasteiger partial charge on any atom is 0.220 e. The fraction of sp³-hybridized carbons (Fsp3) is 0.730. The Labute approximate surface area is 441 Å². The molecule has 7 atom stereocenters. The number of ether oxygens (including phenoxy) is 2. The Balaban J connectivity index is 2.25. The molecule has 0 aromatic rings. The van der Waals surface area contributed by atoms with Crippen LogP contribution in [0.5, 0.6) is 0 Å². The SMILES string of the molecule is CC/C=C\C/C=C\C/C=C\C/C=C\C/C=C\C/C=C\C/C=C\CCCCCCCCCC(=O)NC(COC1OC(CO)C(O)C(O)C1O)C(O)/C=C/CCCCCCCCCCCCCCCCCCCC. The van der Waals surface area contributed by atoms with Crippen LogP contribution in [0.1, 0.15) is 239 Å². The number of amides is 1. The molecule has 1 amide bonds. The van der Waals surface area contributed by atoms with Crippen LogP contribution < -0.4 is 5.32 Å². The number of carbonyl (C=O) groups is 1. The lowest BCUT2D eigenvalue weighted by atomic mass is 9.99. The summed E-state index contributed by atoms with van der Waals surface area (Å²) in [6.07, 6.45) is 67.5. The van der Waals surface area contributed by atoms with E-state index in [9.17, 15) is 30.3 Å². The lowest BCUT2D eigenvalue weighted by molar-refractivity contribution is -0.302. The van der Waals surface area contributed by atoms with Gasteiger partial charge in [0.05, 0.1) is 25.4 Å². The van der Waals surface area contributed by atoms with Crippen molar-refractivity contribution in [2.24, 2.45) is 0 Å². The molecule has 9 nitrogen and oxygen atoms in total. The van der Waals surface area contributed by atoms with Gasteiger partial charge in [-0.3, -0.25) is 4.79 Å². The molecule has 0 radical (unpaired) electrons. The summed E-state index contributed by atoms with van der Waals surface area (Å²) in [6, 6.07) is -0.818. The first-order valence-electron chi connectivity index (χ1n) is 29.5. The summed E-state index contributed by atoms with van der Waals surface area (Å²) in [5.41, 5.74) is 0. The fourth-order valence-corrected chi connectivity index (χ4v) is 8.78. The molecule has 414 valence electrons. The summed E-state index contributed by atoms with van der Waals surface area (Å²) in [6.45, 7) is 3.67. The zero-order valence-corrected chi connectivity index (χ0v) is 45.9. The minimum atomic E-state index is -1.57. The third kappa shape index (κ3) is 40.5. The van der Waals surface area contributed by atoms with E-state index in [4.69, 9.17) is 9.47 Å². The van der Waals surface area contributed by atoms with E-state index in [2.05, 4.69) is 104 Å². The molecule has 0 spiro atoms. The predicted octanol–water partition coefficient (Wildman–Crippen LogP) is 14.8. The van der Waals surface area contributed by atoms with E-state index in [0.29, 0.717) is 6.42 Å². The van der Waals surface area contributed by atoms with Crippen LogP contribution in [0, 0.1) is 0 Å². The van der Waals surface area contributed by atoms with Gasteiger partial charge in [-0.1, -0.05) is 252 Å². The summed E-state index contributed by atoms with van der Waals surface area (Å²) >= 11 is 0. The molecular weight excluding hydrogens is 899 g/mol. The van der Waals surface area contributed by atoms with Crippen LogP contribution in [-0.4, -0.2) is 87.5 Å². The molecule has 0 saturated carbocycles. The van der Waals surface area contributed by atoms with Gasteiger partial charge in [-0.25, -0.2) is 0 Å². The zero-order valence-electron chi connectivity index (χ0n) is 45.9. The zero-order chi connectivity index (χ0) is 52.2. The molecular formula is C63H109NO8. The van der Waals surface area contributed by atoms with Crippen molar-refractivity contribution in [3.63, 3.8) is 0 Å². The predicted molar refractivity (Wildman–Crippen MR) is 304 cm³/mol. The van der Waals surface area contributed by atoms with Crippen molar-refractivity contribution in [1.29, 1.82) is 0 Å².